The number of methoxy groups -OCH3 is 2. The first-order chi connectivity index (χ1) is 14.3. The molecule has 0 spiro atoms. The van der Waals surface area contributed by atoms with Gasteiger partial charge in [0.25, 0.3) is 0 Å². The highest BCUT2D eigenvalue weighted by Gasteiger charge is 2.02. The van der Waals surface area contributed by atoms with Crippen LogP contribution < -0.4 is 20.1 Å². The number of hydrogen-bond acceptors (Lipinski definition) is 4. The van der Waals surface area contributed by atoms with Crippen LogP contribution in [0.4, 0.5) is 0 Å². The van der Waals surface area contributed by atoms with E-state index in [9.17, 15) is 0 Å². The summed E-state index contributed by atoms with van der Waals surface area (Å²) in [6, 6.07) is 19.8. The largest absolute Gasteiger partial charge is 0.497 e. The van der Waals surface area contributed by atoms with Crippen molar-refractivity contribution in [1.82, 2.24) is 10.6 Å². The molecule has 1 heterocycles. The maximum Gasteiger partial charge on any atom is 0.191 e. The van der Waals surface area contributed by atoms with Crippen molar-refractivity contribution in [2.45, 2.75) is 19.5 Å². The number of aliphatic imine (C=N–C) groups is 1. The Kier molecular flexibility index (Phi) is 10.1. The molecule has 0 unspecified atom stereocenters. The number of hydrogen-bond donors (Lipinski definition) is 2. The van der Waals surface area contributed by atoms with E-state index in [1.165, 1.54) is 0 Å². The number of benzene rings is 2. The summed E-state index contributed by atoms with van der Waals surface area (Å²) in [5.41, 5.74) is 2.26. The molecule has 1 aromatic heterocycles. The molecular weight excluding hydrogens is 493 g/mol. The topological polar surface area (TPSA) is 68.0 Å². The SMILES string of the molecule is COc1ccc(CN=C(NCCc2ccco2)NCc2ccc(OC)cc2)cc1.I. The van der Waals surface area contributed by atoms with Gasteiger partial charge in [0.2, 0.25) is 0 Å². The quantitative estimate of drug-likeness (QED) is 0.249. The molecule has 2 N–H and O–H groups in total. The molecule has 0 fully saturated rings. The molecule has 0 aliphatic heterocycles. The average molecular weight is 521 g/mol. The van der Waals surface area contributed by atoms with Gasteiger partial charge in [-0.3, -0.25) is 0 Å². The minimum absolute atomic E-state index is 0. The molecule has 2 aromatic carbocycles. The summed E-state index contributed by atoms with van der Waals surface area (Å²) in [6.07, 6.45) is 2.48. The Morgan fingerprint density at radius 2 is 1.50 bits per heavy atom. The summed E-state index contributed by atoms with van der Waals surface area (Å²) in [6.45, 7) is 1.96. The maximum atomic E-state index is 5.39. The second-order valence-corrected chi connectivity index (χ2v) is 6.47. The van der Waals surface area contributed by atoms with E-state index in [0.29, 0.717) is 13.1 Å². The molecule has 0 bridgehead atoms. The predicted molar refractivity (Wildman–Crippen MR) is 130 cm³/mol. The maximum absolute atomic E-state index is 5.39. The molecule has 3 aromatic rings. The van der Waals surface area contributed by atoms with Crippen molar-refractivity contribution in [3.05, 3.63) is 83.8 Å². The Labute approximate surface area is 194 Å². The van der Waals surface area contributed by atoms with E-state index < -0.39 is 0 Å². The Morgan fingerprint density at radius 3 is 2.07 bits per heavy atom. The van der Waals surface area contributed by atoms with Crippen LogP contribution in [0.5, 0.6) is 11.5 Å². The van der Waals surface area contributed by atoms with Crippen LogP contribution in [0, 0.1) is 0 Å². The molecule has 3 rings (SSSR count). The van der Waals surface area contributed by atoms with Crippen LogP contribution in [-0.2, 0) is 19.5 Å². The van der Waals surface area contributed by atoms with E-state index in [2.05, 4.69) is 10.6 Å². The first-order valence-electron chi connectivity index (χ1n) is 9.57. The van der Waals surface area contributed by atoms with Crippen molar-refractivity contribution >= 4 is 29.9 Å². The fraction of sp³-hybridized carbons (Fsp3) is 0.261. The summed E-state index contributed by atoms with van der Waals surface area (Å²) in [5.74, 6) is 3.39. The molecule has 0 aliphatic rings. The van der Waals surface area contributed by atoms with Gasteiger partial charge >= 0.3 is 0 Å². The lowest BCUT2D eigenvalue weighted by Gasteiger charge is -2.13. The number of guanidine groups is 1. The van der Waals surface area contributed by atoms with Crippen molar-refractivity contribution < 1.29 is 13.9 Å². The van der Waals surface area contributed by atoms with E-state index in [1.807, 2.05) is 60.7 Å². The summed E-state index contributed by atoms with van der Waals surface area (Å²) in [7, 11) is 3.33. The molecule has 30 heavy (non-hydrogen) atoms. The second-order valence-electron chi connectivity index (χ2n) is 6.47. The lowest BCUT2D eigenvalue weighted by Crippen LogP contribution is -2.38. The zero-order valence-electron chi connectivity index (χ0n) is 17.3. The van der Waals surface area contributed by atoms with Crippen molar-refractivity contribution in [1.29, 1.82) is 0 Å². The van der Waals surface area contributed by atoms with Crippen LogP contribution in [0.2, 0.25) is 0 Å². The Hall–Kier alpha value is -2.68. The number of ether oxygens (including phenoxy) is 2. The summed E-state index contributed by atoms with van der Waals surface area (Å²) < 4.78 is 15.8. The molecule has 0 saturated carbocycles. The lowest BCUT2D eigenvalue weighted by atomic mass is 10.2. The van der Waals surface area contributed by atoms with Crippen molar-refractivity contribution in [3.8, 4) is 11.5 Å². The van der Waals surface area contributed by atoms with E-state index in [1.54, 1.807) is 20.5 Å². The number of nitrogens with one attached hydrogen (secondary N) is 2. The van der Waals surface area contributed by atoms with Gasteiger partial charge in [0.1, 0.15) is 17.3 Å². The number of rotatable bonds is 9. The third-order valence-electron chi connectivity index (χ3n) is 4.44. The van der Waals surface area contributed by atoms with Gasteiger partial charge in [0.05, 0.1) is 27.0 Å². The third kappa shape index (κ3) is 7.62. The van der Waals surface area contributed by atoms with Crippen molar-refractivity contribution in [2.24, 2.45) is 4.99 Å². The molecule has 0 radical (unpaired) electrons. The minimum atomic E-state index is 0. The standard InChI is InChI=1S/C23H27N3O3.HI/c1-27-20-9-5-18(6-10-20)16-25-23(24-14-13-22-4-3-15-29-22)26-17-19-7-11-21(28-2)12-8-19;/h3-12,15H,13-14,16-17H2,1-2H3,(H2,24,25,26);1H. The molecule has 0 aliphatic carbocycles. The van der Waals surface area contributed by atoms with Crippen LogP contribution >= 0.6 is 24.0 Å². The van der Waals surface area contributed by atoms with Gasteiger partial charge in [-0.1, -0.05) is 24.3 Å². The van der Waals surface area contributed by atoms with Crippen molar-refractivity contribution in [2.75, 3.05) is 20.8 Å². The molecule has 0 atom stereocenters. The molecule has 0 saturated heterocycles. The van der Waals surface area contributed by atoms with Crippen LogP contribution in [0.3, 0.4) is 0 Å². The lowest BCUT2D eigenvalue weighted by molar-refractivity contribution is 0.414. The van der Waals surface area contributed by atoms with Gasteiger partial charge in [0.15, 0.2) is 5.96 Å². The second kappa shape index (κ2) is 12.8. The van der Waals surface area contributed by atoms with Gasteiger partial charge in [0, 0.05) is 19.5 Å². The Bertz CT molecular complexity index is 879. The van der Waals surface area contributed by atoms with Gasteiger partial charge < -0.3 is 24.5 Å². The third-order valence-corrected chi connectivity index (χ3v) is 4.44. The van der Waals surface area contributed by atoms with Gasteiger partial charge in [-0.25, -0.2) is 4.99 Å². The fourth-order valence-corrected chi connectivity index (χ4v) is 2.76. The van der Waals surface area contributed by atoms with E-state index in [-0.39, 0.29) is 24.0 Å². The highest BCUT2D eigenvalue weighted by molar-refractivity contribution is 14.0. The first kappa shape index (κ1) is 23.6. The van der Waals surface area contributed by atoms with Gasteiger partial charge in [-0.2, -0.15) is 0 Å². The summed E-state index contributed by atoms with van der Waals surface area (Å²) in [5, 5.41) is 6.76. The van der Waals surface area contributed by atoms with E-state index in [0.717, 1.165) is 47.3 Å². The minimum Gasteiger partial charge on any atom is -0.497 e. The average Bonchev–Trinajstić information content (AvgIpc) is 3.29. The Balaban J connectivity index is 0.00000320. The molecule has 6 nitrogen and oxygen atoms in total. The Morgan fingerprint density at radius 1 is 0.867 bits per heavy atom. The number of halogens is 1. The smallest absolute Gasteiger partial charge is 0.191 e. The summed E-state index contributed by atoms with van der Waals surface area (Å²) >= 11 is 0. The zero-order valence-corrected chi connectivity index (χ0v) is 19.6. The monoisotopic (exact) mass is 521 g/mol. The van der Waals surface area contributed by atoms with Crippen LogP contribution in [0.15, 0.2) is 76.3 Å². The van der Waals surface area contributed by atoms with Gasteiger partial charge in [-0.15, -0.1) is 24.0 Å². The van der Waals surface area contributed by atoms with E-state index in [4.69, 9.17) is 18.9 Å². The highest BCUT2D eigenvalue weighted by atomic mass is 127. The van der Waals surface area contributed by atoms with E-state index >= 15 is 0 Å². The number of nitrogens with zero attached hydrogens (tertiary/aromatic N) is 1. The van der Waals surface area contributed by atoms with Crippen LogP contribution in [-0.4, -0.2) is 26.7 Å². The van der Waals surface area contributed by atoms with Crippen molar-refractivity contribution in [3.63, 3.8) is 0 Å². The molecule has 0 amide bonds. The normalized spacial score (nSPS) is 10.8. The number of furan rings is 1. The van der Waals surface area contributed by atoms with Crippen LogP contribution in [0.1, 0.15) is 16.9 Å². The zero-order chi connectivity index (χ0) is 20.3. The fourth-order valence-electron chi connectivity index (χ4n) is 2.76. The predicted octanol–water partition coefficient (Wildman–Crippen LogP) is 4.39. The molecular formula is C23H28IN3O3. The molecule has 160 valence electrons. The first-order valence-corrected chi connectivity index (χ1v) is 9.57. The van der Waals surface area contributed by atoms with Crippen LogP contribution in [0.25, 0.3) is 0 Å². The highest BCUT2D eigenvalue weighted by Crippen LogP contribution is 2.12. The van der Waals surface area contributed by atoms with Gasteiger partial charge in [-0.05, 0) is 47.5 Å². The summed E-state index contributed by atoms with van der Waals surface area (Å²) in [4.78, 5) is 4.72. The molecule has 7 heteroatoms.